The van der Waals surface area contributed by atoms with Gasteiger partial charge in [-0.3, -0.25) is 0 Å². The molecule has 4 aromatic rings. The average Bonchev–Trinajstić information content (AvgIpc) is 2.53. The lowest BCUT2D eigenvalue weighted by Crippen LogP contribution is -3.00. The van der Waals surface area contributed by atoms with Crippen molar-refractivity contribution in [1.82, 2.24) is 4.98 Å². The lowest BCUT2D eigenvalue weighted by Gasteiger charge is -2.06. The standard InChI is InChI=1S/C20H17N2.ClH/c1-14-8-10-19-17(12-14)21-18-13-15(2)9-11-20(18)22(19)16-6-4-3-5-7-16;/h3-13H,1-2H3;1H/q+1;/p-1. The summed E-state index contributed by atoms with van der Waals surface area (Å²) in [5.74, 6) is 0. The fourth-order valence-corrected chi connectivity index (χ4v) is 2.94. The highest BCUT2D eigenvalue weighted by molar-refractivity contribution is 5.83. The van der Waals surface area contributed by atoms with Gasteiger partial charge in [0.1, 0.15) is 11.0 Å². The number of para-hydroxylation sites is 1. The molecule has 4 rings (SSSR count). The van der Waals surface area contributed by atoms with E-state index in [1.54, 1.807) is 0 Å². The molecule has 23 heavy (non-hydrogen) atoms. The third kappa shape index (κ3) is 2.66. The van der Waals surface area contributed by atoms with Gasteiger partial charge in [0.2, 0.25) is 16.7 Å². The van der Waals surface area contributed by atoms with E-state index < -0.39 is 0 Å². The highest BCUT2D eigenvalue weighted by Crippen LogP contribution is 2.19. The first-order chi connectivity index (χ1) is 10.7. The second kappa shape index (κ2) is 5.98. The highest BCUT2D eigenvalue weighted by Gasteiger charge is 2.18. The summed E-state index contributed by atoms with van der Waals surface area (Å²) in [6, 6.07) is 23.4. The molecule has 0 aliphatic rings. The van der Waals surface area contributed by atoms with Gasteiger partial charge in [0, 0.05) is 24.3 Å². The normalized spacial score (nSPS) is 10.7. The Hall–Kier alpha value is -2.45. The summed E-state index contributed by atoms with van der Waals surface area (Å²) in [4.78, 5) is 4.86. The van der Waals surface area contributed by atoms with E-state index in [1.807, 2.05) is 6.07 Å². The lowest BCUT2D eigenvalue weighted by atomic mass is 10.1. The molecule has 0 saturated heterocycles. The maximum absolute atomic E-state index is 4.86. The molecule has 0 spiro atoms. The van der Waals surface area contributed by atoms with Crippen LogP contribution in [-0.2, 0) is 0 Å². The first-order valence-corrected chi connectivity index (χ1v) is 7.50. The maximum Gasteiger partial charge on any atom is 0.237 e. The van der Waals surface area contributed by atoms with E-state index in [9.17, 15) is 0 Å². The number of fused-ring (bicyclic) bond motifs is 2. The first kappa shape index (κ1) is 15.4. The second-order valence-corrected chi connectivity index (χ2v) is 5.77. The summed E-state index contributed by atoms with van der Waals surface area (Å²) >= 11 is 0. The SMILES string of the molecule is Cc1ccc2c(c1)nc1cc(C)ccc1[n+]2-c1ccccc1.[Cl-]. The average molecular weight is 321 g/mol. The van der Waals surface area contributed by atoms with Gasteiger partial charge in [-0.25, -0.2) is 4.98 Å². The zero-order chi connectivity index (χ0) is 15.1. The molecule has 114 valence electrons. The van der Waals surface area contributed by atoms with Crippen molar-refractivity contribution in [3.8, 4) is 5.69 Å². The number of aryl methyl sites for hydroxylation is 2. The Morgan fingerprint density at radius 3 is 1.74 bits per heavy atom. The van der Waals surface area contributed by atoms with Crippen molar-refractivity contribution in [3.63, 3.8) is 0 Å². The minimum atomic E-state index is 0. The Kier molecular flexibility index (Phi) is 4.01. The molecule has 0 aliphatic heterocycles. The zero-order valence-electron chi connectivity index (χ0n) is 13.1. The van der Waals surface area contributed by atoms with Crippen LogP contribution in [0, 0.1) is 13.8 Å². The van der Waals surface area contributed by atoms with E-state index in [-0.39, 0.29) is 12.4 Å². The number of benzene rings is 3. The minimum Gasteiger partial charge on any atom is -1.00 e. The van der Waals surface area contributed by atoms with Crippen LogP contribution in [0.5, 0.6) is 0 Å². The maximum atomic E-state index is 4.86. The first-order valence-electron chi connectivity index (χ1n) is 7.50. The number of halogens is 1. The molecule has 0 N–H and O–H groups in total. The molecule has 3 heteroatoms. The highest BCUT2D eigenvalue weighted by atomic mass is 35.5. The van der Waals surface area contributed by atoms with Crippen LogP contribution >= 0.6 is 0 Å². The Bertz CT molecular complexity index is 934. The monoisotopic (exact) mass is 320 g/mol. The van der Waals surface area contributed by atoms with Gasteiger partial charge in [0.15, 0.2) is 0 Å². The van der Waals surface area contributed by atoms with Gasteiger partial charge in [-0.1, -0.05) is 30.3 Å². The number of hydrogen-bond acceptors (Lipinski definition) is 1. The molecular formula is C20H17ClN2. The molecule has 0 fully saturated rings. The largest absolute Gasteiger partial charge is 1.00 e. The second-order valence-electron chi connectivity index (χ2n) is 5.77. The fraction of sp³-hybridized carbons (Fsp3) is 0.100. The smallest absolute Gasteiger partial charge is 0.237 e. The van der Waals surface area contributed by atoms with Crippen LogP contribution < -0.4 is 17.0 Å². The van der Waals surface area contributed by atoms with Crippen LogP contribution in [-0.4, -0.2) is 4.98 Å². The van der Waals surface area contributed by atoms with Crippen molar-refractivity contribution >= 4 is 22.1 Å². The molecule has 0 amide bonds. The van der Waals surface area contributed by atoms with E-state index in [4.69, 9.17) is 4.98 Å². The van der Waals surface area contributed by atoms with E-state index in [0.29, 0.717) is 0 Å². The zero-order valence-corrected chi connectivity index (χ0v) is 13.9. The summed E-state index contributed by atoms with van der Waals surface area (Å²) in [6.07, 6.45) is 0. The molecule has 0 bridgehead atoms. The number of aromatic nitrogens is 2. The summed E-state index contributed by atoms with van der Waals surface area (Å²) in [5.41, 5.74) is 7.94. The van der Waals surface area contributed by atoms with Crippen molar-refractivity contribution in [2.45, 2.75) is 13.8 Å². The molecule has 3 aromatic carbocycles. The van der Waals surface area contributed by atoms with Gasteiger partial charge in [-0.05, 0) is 37.1 Å². The van der Waals surface area contributed by atoms with Crippen molar-refractivity contribution in [2.24, 2.45) is 0 Å². The Morgan fingerprint density at radius 1 is 0.696 bits per heavy atom. The molecule has 0 radical (unpaired) electrons. The Morgan fingerprint density at radius 2 is 1.22 bits per heavy atom. The summed E-state index contributed by atoms with van der Waals surface area (Å²) in [5, 5.41) is 0. The fourth-order valence-electron chi connectivity index (χ4n) is 2.94. The van der Waals surface area contributed by atoms with Crippen LogP contribution in [0.3, 0.4) is 0 Å². The van der Waals surface area contributed by atoms with E-state index in [1.165, 1.54) is 11.1 Å². The third-order valence-corrected chi connectivity index (χ3v) is 4.00. The van der Waals surface area contributed by atoms with Crippen molar-refractivity contribution < 1.29 is 17.0 Å². The van der Waals surface area contributed by atoms with E-state index >= 15 is 0 Å². The van der Waals surface area contributed by atoms with Crippen molar-refractivity contribution in [2.75, 3.05) is 0 Å². The molecule has 1 aromatic heterocycles. The van der Waals surface area contributed by atoms with Crippen LogP contribution in [0.2, 0.25) is 0 Å². The molecule has 1 heterocycles. The lowest BCUT2D eigenvalue weighted by molar-refractivity contribution is -0.538. The van der Waals surface area contributed by atoms with Gasteiger partial charge in [-0.2, -0.15) is 0 Å². The minimum absolute atomic E-state index is 0. The molecular weight excluding hydrogens is 304 g/mol. The van der Waals surface area contributed by atoms with Gasteiger partial charge >= 0.3 is 0 Å². The van der Waals surface area contributed by atoms with Crippen LogP contribution in [0.25, 0.3) is 27.8 Å². The topological polar surface area (TPSA) is 16.8 Å². The molecule has 2 nitrogen and oxygen atoms in total. The van der Waals surface area contributed by atoms with Crippen molar-refractivity contribution in [3.05, 3.63) is 77.9 Å². The Balaban J connectivity index is 0.00000156. The molecule has 0 saturated carbocycles. The Labute approximate surface area is 141 Å². The van der Waals surface area contributed by atoms with Crippen LogP contribution in [0.1, 0.15) is 11.1 Å². The van der Waals surface area contributed by atoms with Crippen LogP contribution in [0.15, 0.2) is 66.7 Å². The number of nitrogens with zero attached hydrogens (tertiary/aromatic N) is 2. The van der Waals surface area contributed by atoms with Crippen molar-refractivity contribution in [1.29, 1.82) is 0 Å². The number of hydrogen-bond donors (Lipinski definition) is 0. The quantitative estimate of drug-likeness (QED) is 0.381. The molecule has 0 atom stereocenters. The summed E-state index contributed by atoms with van der Waals surface area (Å²) in [7, 11) is 0. The number of rotatable bonds is 1. The van der Waals surface area contributed by atoms with Gasteiger partial charge in [0.25, 0.3) is 0 Å². The molecule has 0 unspecified atom stereocenters. The van der Waals surface area contributed by atoms with E-state index in [2.05, 4.69) is 79.1 Å². The summed E-state index contributed by atoms with van der Waals surface area (Å²) in [6.45, 7) is 4.21. The van der Waals surface area contributed by atoms with Gasteiger partial charge in [0.05, 0.1) is 0 Å². The predicted octanol–water partition coefficient (Wildman–Crippen LogP) is 1.29. The van der Waals surface area contributed by atoms with Gasteiger partial charge < -0.3 is 12.4 Å². The molecule has 0 aliphatic carbocycles. The van der Waals surface area contributed by atoms with Gasteiger partial charge in [-0.15, -0.1) is 4.57 Å². The summed E-state index contributed by atoms with van der Waals surface area (Å²) < 4.78 is 2.29. The van der Waals surface area contributed by atoms with E-state index in [0.717, 1.165) is 27.8 Å². The third-order valence-electron chi connectivity index (χ3n) is 4.00. The van der Waals surface area contributed by atoms with Crippen LogP contribution in [0.4, 0.5) is 0 Å². The predicted molar refractivity (Wildman–Crippen MR) is 90.3 cm³/mol.